The maximum Gasteiger partial charge on any atom is 0.239 e. The Balaban J connectivity index is 1.66. The number of aliphatic hydroxyl groups is 1. The molecule has 126 valence electrons. The van der Waals surface area contributed by atoms with Crippen molar-refractivity contribution in [2.75, 3.05) is 13.1 Å². The molecule has 4 heteroatoms. The maximum atomic E-state index is 12.0. The van der Waals surface area contributed by atoms with Crippen LogP contribution in [0.3, 0.4) is 0 Å². The molecule has 3 rings (SSSR count). The third-order valence-electron chi connectivity index (χ3n) is 4.91. The van der Waals surface area contributed by atoms with Crippen LogP contribution in [-0.2, 0) is 4.79 Å². The smallest absolute Gasteiger partial charge is 0.239 e. The quantitative estimate of drug-likeness (QED) is 0.888. The molecule has 0 aromatic heterocycles. The minimum Gasteiger partial charge on any atom is -0.388 e. The summed E-state index contributed by atoms with van der Waals surface area (Å²) in [4.78, 5) is 14.1. The number of piperidine rings is 1. The van der Waals surface area contributed by atoms with E-state index in [2.05, 4.69) is 4.90 Å². The molecule has 2 aromatic carbocycles. The molecule has 1 aliphatic heterocycles. The van der Waals surface area contributed by atoms with Gasteiger partial charge in [-0.25, -0.2) is 0 Å². The number of nitrogens with two attached hydrogens (primary N) is 1. The normalized spacial score (nSPS) is 18.9. The van der Waals surface area contributed by atoms with E-state index < -0.39 is 6.10 Å². The SMILES string of the molecule is NC(=O)[C@H](c1ccccc1)N1CCC([C@H](O)c2ccccc2)CC1. The number of primary amides is 1. The van der Waals surface area contributed by atoms with Gasteiger partial charge in [0.1, 0.15) is 6.04 Å². The molecule has 24 heavy (non-hydrogen) atoms. The first kappa shape index (κ1) is 16.7. The molecule has 1 amide bonds. The van der Waals surface area contributed by atoms with E-state index in [9.17, 15) is 9.90 Å². The third kappa shape index (κ3) is 3.66. The van der Waals surface area contributed by atoms with Gasteiger partial charge in [0.05, 0.1) is 6.10 Å². The number of amides is 1. The van der Waals surface area contributed by atoms with Gasteiger partial charge in [0.25, 0.3) is 0 Å². The van der Waals surface area contributed by atoms with Crippen LogP contribution in [0, 0.1) is 5.92 Å². The standard InChI is InChI=1S/C20H24N2O2/c21-20(24)18(15-7-3-1-4-8-15)22-13-11-17(12-14-22)19(23)16-9-5-2-6-10-16/h1-10,17-19,23H,11-14H2,(H2,21,24)/t18-,19+/m0/s1. The van der Waals surface area contributed by atoms with E-state index in [1.807, 2.05) is 60.7 Å². The van der Waals surface area contributed by atoms with Gasteiger partial charge in [0.2, 0.25) is 5.91 Å². The van der Waals surface area contributed by atoms with Crippen molar-refractivity contribution in [3.63, 3.8) is 0 Å². The van der Waals surface area contributed by atoms with Gasteiger partial charge in [0, 0.05) is 0 Å². The second-order valence-electron chi connectivity index (χ2n) is 6.44. The molecule has 0 radical (unpaired) electrons. The Morgan fingerprint density at radius 2 is 1.46 bits per heavy atom. The Morgan fingerprint density at radius 3 is 1.96 bits per heavy atom. The van der Waals surface area contributed by atoms with E-state index >= 15 is 0 Å². The molecular formula is C20H24N2O2. The molecule has 2 atom stereocenters. The van der Waals surface area contributed by atoms with E-state index in [0.29, 0.717) is 0 Å². The summed E-state index contributed by atoms with van der Waals surface area (Å²) >= 11 is 0. The van der Waals surface area contributed by atoms with Crippen LogP contribution in [0.5, 0.6) is 0 Å². The highest BCUT2D eigenvalue weighted by molar-refractivity contribution is 5.81. The van der Waals surface area contributed by atoms with Crippen LogP contribution < -0.4 is 5.73 Å². The Labute approximate surface area is 142 Å². The van der Waals surface area contributed by atoms with Gasteiger partial charge in [-0.3, -0.25) is 9.69 Å². The van der Waals surface area contributed by atoms with Crippen LogP contribution in [-0.4, -0.2) is 29.0 Å². The van der Waals surface area contributed by atoms with E-state index in [1.54, 1.807) is 0 Å². The summed E-state index contributed by atoms with van der Waals surface area (Å²) in [5, 5.41) is 10.6. The fourth-order valence-corrected chi connectivity index (χ4v) is 3.61. The van der Waals surface area contributed by atoms with Gasteiger partial charge in [-0.1, -0.05) is 60.7 Å². The van der Waals surface area contributed by atoms with Gasteiger partial charge in [0.15, 0.2) is 0 Å². The second kappa shape index (κ2) is 7.60. The van der Waals surface area contributed by atoms with E-state index in [-0.39, 0.29) is 17.9 Å². The molecule has 3 N–H and O–H groups in total. The number of likely N-dealkylation sites (tertiary alicyclic amines) is 1. The number of carbonyl (C=O) groups is 1. The lowest BCUT2D eigenvalue weighted by molar-refractivity contribution is -0.124. The van der Waals surface area contributed by atoms with Crippen LogP contribution in [0.4, 0.5) is 0 Å². The van der Waals surface area contributed by atoms with Gasteiger partial charge in [-0.05, 0) is 43.0 Å². The van der Waals surface area contributed by atoms with Crippen LogP contribution in [0.25, 0.3) is 0 Å². The molecule has 1 saturated heterocycles. The monoisotopic (exact) mass is 324 g/mol. The molecule has 1 fully saturated rings. The highest BCUT2D eigenvalue weighted by atomic mass is 16.3. The van der Waals surface area contributed by atoms with Crippen LogP contribution in [0.15, 0.2) is 60.7 Å². The first-order valence-electron chi connectivity index (χ1n) is 8.48. The van der Waals surface area contributed by atoms with Crippen molar-refractivity contribution < 1.29 is 9.90 Å². The van der Waals surface area contributed by atoms with Crippen molar-refractivity contribution in [2.45, 2.75) is 25.0 Å². The van der Waals surface area contributed by atoms with Crippen molar-refractivity contribution in [1.29, 1.82) is 0 Å². The zero-order chi connectivity index (χ0) is 16.9. The summed E-state index contributed by atoms with van der Waals surface area (Å²) in [6, 6.07) is 19.1. The van der Waals surface area contributed by atoms with Crippen molar-refractivity contribution in [3.8, 4) is 0 Å². The molecular weight excluding hydrogens is 300 g/mol. The Kier molecular flexibility index (Phi) is 5.28. The topological polar surface area (TPSA) is 66.6 Å². The summed E-state index contributed by atoms with van der Waals surface area (Å²) in [6.45, 7) is 1.52. The largest absolute Gasteiger partial charge is 0.388 e. The number of nitrogens with zero attached hydrogens (tertiary/aromatic N) is 1. The second-order valence-corrected chi connectivity index (χ2v) is 6.44. The van der Waals surface area contributed by atoms with E-state index in [0.717, 1.165) is 37.1 Å². The molecule has 2 aromatic rings. The van der Waals surface area contributed by atoms with Crippen molar-refractivity contribution in [1.82, 2.24) is 4.90 Å². The van der Waals surface area contributed by atoms with Crippen molar-refractivity contribution in [2.24, 2.45) is 11.7 Å². The van der Waals surface area contributed by atoms with E-state index in [4.69, 9.17) is 5.73 Å². The molecule has 0 spiro atoms. The lowest BCUT2D eigenvalue weighted by Crippen LogP contribution is -2.43. The first-order chi connectivity index (χ1) is 11.7. The first-order valence-corrected chi connectivity index (χ1v) is 8.48. The lowest BCUT2D eigenvalue weighted by atomic mass is 9.86. The van der Waals surface area contributed by atoms with Crippen LogP contribution in [0.2, 0.25) is 0 Å². The maximum absolute atomic E-state index is 12.0. The van der Waals surface area contributed by atoms with Crippen molar-refractivity contribution in [3.05, 3.63) is 71.8 Å². The minimum atomic E-state index is -0.447. The van der Waals surface area contributed by atoms with Gasteiger partial charge in [-0.2, -0.15) is 0 Å². The van der Waals surface area contributed by atoms with Gasteiger partial charge < -0.3 is 10.8 Å². The lowest BCUT2D eigenvalue weighted by Gasteiger charge is -2.38. The molecule has 0 bridgehead atoms. The Hall–Kier alpha value is -2.17. The highest BCUT2D eigenvalue weighted by Crippen LogP contribution is 2.33. The summed E-state index contributed by atoms with van der Waals surface area (Å²) in [5.41, 5.74) is 7.56. The zero-order valence-electron chi connectivity index (χ0n) is 13.7. The zero-order valence-corrected chi connectivity index (χ0v) is 13.7. The third-order valence-corrected chi connectivity index (χ3v) is 4.91. The van der Waals surface area contributed by atoms with Gasteiger partial charge >= 0.3 is 0 Å². The highest BCUT2D eigenvalue weighted by Gasteiger charge is 2.32. The van der Waals surface area contributed by atoms with Crippen LogP contribution in [0.1, 0.15) is 36.1 Å². The fourth-order valence-electron chi connectivity index (χ4n) is 3.61. The summed E-state index contributed by atoms with van der Waals surface area (Å²) in [5.74, 6) is -0.101. The summed E-state index contributed by atoms with van der Waals surface area (Å²) in [6.07, 6.45) is 1.26. The fraction of sp³-hybridized carbons (Fsp3) is 0.350. The summed E-state index contributed by atoms with van der Waals surface area (Å²) in [7, 11) is 0. The number of hydrogen-bond acceptors (Lipinski definition) is 3. The number of carbonyl (C=O) groups excluding carboxylic acids is 1. The predicted octanol–water partition coefficient (Wildman–Crippen LogP) is 2.66. The minimum absolute atomic E-state index is 0.216. The molecule has 0 aliphatic carbocycles. The number of rotatable bonds is 5. The van der Waals surface area contributed by atoms with Crippen molar-refractivity contribution >= 4 is 5.91 Å². The summed E-state index contributed by atoms with van der Waals surface area (Å²) < 4.78 is 0. The average Bonchev–Trinajstić information content (AvgIpc) is 2.63. The van der Waals surface area contributed by atoms with Gasteiger partial charge in [-0.15, -0.1) is 0 Å². The molecule has 1 aliphatic rings. The van der Waals surface area contributed by atoms with E-state index in [1.165, 1.54) is 0 Å². The van der Waals surface area contributed by atoms with Crippen LogP contribution >= 0.6 is 0 Å². The predicted molar refractivity (Wildman–Crippen MR) is 94.1 cm³/mol. The number of aliphatic hydroxyl groups excluding tert-OH is 1. The molecule has 4 nitrogen and oxygen atoms in total. The Morgan fingerprint density at radius 1 is 0.958 bits per heavy atom. The molecule has 0 unspecified atom stereocenters. The number of benzene rings is 2. The number of hydrogen-bond donors (Lipinski definition) is 2. The average molecular weight is 324 g/mol. The molecule has 0 saturated carbocycles. The Bertz CT molecular complexity index is 652. The molecule has 1 heterocycles.